The lowest BCUT2D eigenvalue weighted by Crippen LogP contribution is -2.24. The third-order valence-electron chi connectivity index (χ3n) is 2.57. The molecule has 0 spiro atoms. The van der Waals surface area contributed by atoms with E-state index in [1.165, 1.54) is 6.21 Å². The Labute approximate surface area is 140 Å². The second kappa shape index (κ2) is 7.55. The van der Waals surface area contributed by atoms with E-state index >= 15 is 0 Å². The van der Waals surface area contributed by atoms with Crippen LogP contribution in [0.25, 0.3) is 0 Å². The van der Waals surface area contributed by atoms with Crippen LogP contribution in [0, 0.1) is 3.57 Å². The first-order chi connectivity index (χ1) is 10.6. The molecule has 0 aromatic heterocycles. The smallest absolute Gasteiger partial charge is 0.344 e. The summed E-state index contributed by atoms with van der Waals surface area (Å²) in [6, 6.07) is 13.1. The molecule has 2 aromatic carbocycles. The molecule has 0 heterocycles. The average Bonchev–Trinajstić information content (AvgIpc) is 2.49. The van der Waals surface area contributed by atoms with E-state index in [0.717, 1.165) is 9.13 Å². The Morgan fingerprint density at radius 1 is 1.14 bits per heavy atom. The van der Waals surface area contributed by atoms with Gasteiger partial charge in [0.2, 0.25) is 0 Å². The highest BCUT2D eigenvalue weighted by atomic mass is 127. The third-order valence-corrected chi connectivity index (χ3v) is 3.51. The van der Waals surface area contributed by atoms with E-state index in [1.54, 1.807) is 36.4 Å². The Kier molecular flexibility index (Phi) is 5.48. The van der Waals surface area contributed by atoms with Crippen LogP contribution in [0.5, 0.6) is 5.75 Å². The van der Waals surface area contributed by atoms with Gasteiger partial charge < -0.3 is 10.5 Å². The summed E-state index contributed by atoms with van der Waals surface area (Å²) < 4.78 is 6.13. The zero-order valence-electron chi connectivity index (χ0n) is 11.3. The lowest BCUT2D eigenvalue weighted by Gasteiger charge is -2.06. The van der Waals surface area contributed by atoms with Gasteiger partial charge in [-0.25, -0.2) is 15.0 Å². The summed E-state index contributed by atoms with van der Waals surface area (Å²) in [7, 11) is 0. The van der Waals surface area contributed by atoms with Gasteiger partial charge in [0, 0.05) is 3.57 Å². The van der Waals surface area contributed by atoms with Crippen molar-refractivity contribution in [3.05, 3.63) is 63.2 Å². The molecule has 0 aliphatic rings. The number of carbonyl (C=O) groups excluding carboxylic acids is 2. The maximum Gasteiger partial charge on any atom is 0.344 e. The molecule has 2 aromatic rings. The second-order valence-corrected chi connectivity index (χ2v) is 5.33. The molecule has 7 heteroatoms. The number of nitrogens with one attached hydrogen (secondary N) is 1. The van der Waals surface area contributed by atoms with Crippen LogP contribution in [0.15, 0.2) is 53.6 Å². The molecule has 0 fully saturated rings. The molecule has 0 bridgehead atoms. The van der Waals surface area contributed by atoms with Crippen LogP contribution in [0.2, 0.25) is 0 Å². The van der Waals surface area contributed by atoms with Crippen molar-refractivity contribution in [2.45, 2.75) is 0 Å². The molecule has 2 amide bonds. The van der Waals surface area contributed by atoms with Gasteiger partial charge in [-0.05, 0) is 64.6 Å². The van der Waals surface area contributed by atoms with E-state index in [0.29, 0.717) is 11.3 Å². The first-order valence-corrected chi connectivity index (χ1v) is 7.29. The molecule has 0 unspecified atom stereocenters. The highest BCUT2D eigenvalue weighted by Gasteiger charge is 2.11. The van der Waals surface area contributed by atoms with Crippen molar-refractivity contribution < 1.29 is 14.3 Å². The molecular weight excluding hydrogens is 397 g/mol. The van der Waals surface area contributed by atoms with Crippen LogP contribution < -0.4 is 15.9 Å². The largest absolute Gasteiger partial charge is 0.423 e. The number of hydrogen-bond acceptors (Lipinski definition) is 4. The van der Waals surface area contributed by atoms with Crippen molar-refractivity contribution >= 4 is 40.8 Å². The molecule has 0 atom stereocenters. The number of ether oxygens (including phenoxy) is 1. The van der Waals surface area contributed by atoms with E-state index in [4.69, 9.17) is 10.5 Å². The summed E-state index contributed by atoms with van der Waals surface area (Å²) >= 11 is 2.08. The van der Waals surface area contributed by atoms with Gasteiger partial charge in [-0.15, -0.1) is 0 Å². The van der Waals surface area contributed by atoms with Gasteiger partial charge in [0.05, 0.1) is 11.8 Å². The number of esters is 1. The summed E-state index contributed by atoms with van der Waals surface area (Å²) in [5.41, 5.74) is 8.21. The fourth-order valence-electron chi connectivity index (χ4n) is 1.58. The number of carbonyl (C=O) groups is 2. The van der Waals surface area contributed by atoms with Crippen LogP contribution >= 0.6 is 22.6 Å². The maximum atomic E-state index is 12.1. The summed E-state index contributed by atoms with van der Waals surface area (Å²) in [4.78, 5) is 22.5. The van der Waals surface area contributed by atoms with Gasteiger partial charge in [-0.1, -0.05) is 12.1 Å². The van der Waals surface area contributed by atoms with Gasteiger partial charge in [-0.2, -0.15) is 5.10 Å². The van der Waals surface area contributed by atoms with E-state index in [-0.39, 0.29) is 0 Å². The van der Waals surface area contributed by atoms with Crippen LogP contribution in [0.3, 0.4) is 0 Å². The topological polar surface area (TPSA) is 93.8 Å². The van der Waals surface area contributed by atoms with Crippen molar-refractivity contribution in [3.8, 4) is 5.75 Å². The number of halogens is 1. The van der Waals surface area contributed by atoms with Gasteiger partial charge in [0.15, 0.2) is 0 Å². The van der Waals surface area contributed by atoms with E-state index in [2.05, 4.69) is 33.1 Å². The second-order valence-electron chi connectivity index (χ2n) is 4.17. The lowest BCUT2D eigenvalue weighted by atomic mass is 10.2. The number of hydrazone groups is 1. The van der Waals surface area contributed by atoms with Crippen LogP contribution in [0.1, 0.15) is 15.9 Å². The molecule has 6 nitrogen and oxygen atoms in total. The Bertz CT molecular complexity index is 714. The first-order valence-electron chi connectivity index (χ1n) is 6.21. The molecule has 2 rings (SSSR count). The Balaban J connectivity index is 2.02. The molecule has 0 saturated heterocycles. The Hall–Kier alpha value is -2.42. The molecule has 0 radical (unpaired) electrons. The molecule has 22 heavy (non-hydrogen) atoms. The zero-order valence-corrected chi connectivity index (χ0v) is 13.5. The van der Waals surface area contributed by atoms with Crippen molar-refractivity contribution in [2.24, 2.45) is 10.8 Å². The summed E-state index contributed by atoms with van der Waals surface area (Å²) in [6.45, 7) is 0. The highest BCUT2D eigenvalue weighted by Crippen LogP contribution is 2.16. The molecule has 0 aliphatic carbocycles. The lowest BCUT2D eigenvalue weighted by molar-refractivity contribution is 0.0733. The third kappa shape index (κ3) is 4.55. The standard InChI is InChI=1S/C15H12IN3O3/c16-13-4-2-1-3-12(13)14(20)22-11-7-5-10(6-8-11)9-18-19-15(17)21/h1-9H,(H3,17,19,21)/b18-9+. The summed E-state index contributed by atoms with van der Waals surface area (Å²) in [6.07, 6.45) is 1.43. The van der Waals surface area contributed by atoms with Crippen molar-refractivity contribution in [2.75, 3.05) is 0 Å². The number of benzene rings is 2. The van der Waals surface area contributed by atoms with Crippen molar-refractivity contribution in [1.82, 2.24) is 5.43 Å². The number of rotatable bonds is 4. The monoisotopic (exact) mass is 409 g/mol. The minimum atomic E-state index is -0.737. The first kappa shape index (κ1) is 16.0. The van der Waals surface area contributed by atoms with Gasteiger partial charge >= 0.3 is 12.0 Å². The fraction of sp³-hybridized carbons (Fsp3) is 0. The molecule has 3 N–H and O–H groups in total. The SMILES string of the molecule is NC(=O)N/N=C/c1ccc(OC(=O)c2ccccc2I)cc1. The Morgan fingerprint density at radius 2 is 1.82 bits per heavy atom. The molecular formula is C15H12IN3O3. The van der Waals surface area contributed by atoms with Crippen molar-refractivity contribution in [1.29, 1.82) is 0 Å². The van der Waals surface area contributed by atoms with Gasteiger partial charge in [0.25, 0.3) is 0 Å². The summed E-state index contributed by atoms with van der Waals surface area (Å²) in [5.74, 6) is 0.00600. The molecule has 0 aliphatic heterocycles. The fourth-order valence-corrected chi connectivity index (χ4v) is 2.19. The minimum Gasteiger partial charge on any atom is -0.423 e. The number of hydrogen-bond donors (Lipinski definition) is 2. The maximum absolute atomic E-state index is 12.1. The quantitative estimate of drug-likeness (QED) is 0.267. The van der Waals surface area contributed by atoms with E-state index in [9.17, 15) is 9.59 Å². The zero-order chi connectivity index (χ0) is 15.9. The van der Waals surface area contributed by atoms with Gasteiger partial charge in [-0.3, -0.25) is 0 Å². The van der Waals surface area contributed by atoms with Crippen LogP contribution in [-0.2, 0) is 0 Å². The molecule has 112 valence electrons. The number of amides is 2. The number of nitrogens with zero attached hydrogens (tertiary/aromatic N) is 1. The minimum absolute atomic E-state index is 0.415. The van der Waals surface area contributed by atoms with E-state index in [1.807, 2.05) is 12.1 Å². The predicted molar refractivity (Wildman–Crippen MR) is 90.9 cm³/mol. The highest BCUT2D eigenvalue weighted by molar-refractivity contribution is 14.1. The summed E-state index contributed by atoms with van der Waals surface area (Å²) in [5, 5.41) is 3.63. The van der Waals surface area contributed by atoms with Gasteiger partial charge in [0.1, 0.15) is 5.75 Å². The van der Waals surface area contributed by atoms with Crippen molar-refractivity contribution in [3.63, 3.8) is 0 Å². The van der Waals surface area contributed by atoms with Crippen LogP contribution in [0.4, 0.5) is 4.79 Å². The number of nitrogens with two attached hydrogens (primary N) is 1. The normalized spacial score (nSPS) is 10.4. The molecule has 0 saturated carbocycles. The van der Waals surface area contributed by atoms with Crippen LogP contribution in [-0.4, -0.2) is 18.2 Å². The number of primary amides is 1. The number of urea groups is 1. The Morgan fingerprint density at radius 3 is 2.45 bits per heavy atom. The van der Waals surface area contributed by atoms with E-state index < -0.39 is 12.0 Å². The average molecular weight is 409 g/mol. The predicted octanol–water partition coefficient (Wildman–Crippen LogP) is 2.51.